The lowest BCUT2D eigenvalue weighted by Crippen LogP contribution is -2.68. The monoisotopic (exact) mass is 568 g/mol. The van der Waals surface area contributed by atoms with E-state index < -0.39 is 23.3 Å². The van der Waals surface area contributed by atoms with Gasteiger partial charge in [0.1, 0.15) is 11.2 Å². The molecule has 1 aromatic heterocycles. The van der Waals surface area contributed by atoms with Gasteiger partial charge in [0.25, 0.3) is 11.5 Å². The van der Waals surface area contributed by atoms with Crippen LogP contribution < -0.4 is 20.5 Å². The smallest absolute Gasteiger partial charge is 0.335 e. The highest BCUT2D eigenvalue weighted by Gasteiger charge is 2.55. The zero-order valence-electron chi connectivity index (χ0n) is 24.0. The summed E-state index contributed by atoms with van der Waals surface area (Å²) in [6, 6.07) is 19.4. The quantitative estimate of drug-likeness (QED) is 0.416. The number of nitrogens with zero attached hydrogens (tertiary/aromatic N) is 3. The van der Waals surface area contributed by atoms with E-state index in [4.69, 9.17) is 4.74 Å². The summed E-state index contributed by atoms with van der Waals surface area (Å²) >= 11 is 0. The molecule has 0 radical (unpaired) electrons. The first-order valence-corrected chi connectivity index (χ1v) is 14.7. The second-order valence-corrected chi connectivity index (χ2v) is 11.6. The maximum Gasteiger partial charge on any atom is 0.335 e. The van der Waals surface area contributed by atoms with Crippen molar-refractivity contribution < 1.29 is 19.1 Å². The highest BCUT2D eigenvalue weighted by Crippen LogP contribution is 2.39. The molecule has 0 saturated carbocycles. The van der Waals surface area contributed by atoms with Gasteiger partial charge in [-0.3, -0.25) is 19.7 Å². The van der Waals surface area contributed by atoms with Gasteiger partial charge in [0, 0.05) is 43.9 Å². The van der Waals surface area contributed by atoms with E-state index in [-0.39, 0.29) is 30.4 Å². The van der Waals surface area contributed by atoms with Gasteiger partial charge in [-0.05, 0) is 73.6 Å². The van der Waals surface area contributed by atoms with Crippen LogP contribution in [0.1, 0.15) is 43.0 Å². The molecule has 6 rings (SSSR count). The Bertz CT molecular complexity index is 1560. The van der Waals surface area contributed by atoms with E-state index in [1.165, 1.54) is 0 Å². The number of hydrogen-bond acceptors (Lipinski definition) is 6. The summed E-state index contributed by atoms with van der Waals surface area (Å²) in [5.41, 5.74) is 1.78. The summed E-state index contributed by atoms with van der Waals surface area (Å²) in [6.07, 6.45) is 1.91. The predicted octanol–water partition coefficient (Wildman–Crippen LogP) is 3.74. The maximum atomic E-state index is 14.5. The van der Waals surface area contributed by atoms with Gasteiger partial charge < -0.3 is 14.2 Å². The van der Waals surface area contributed by atoms with E-state index in [0.29, 0.717) is 37.7 Å². The second-order valence-electron chi connectivity index (χ2n) is 11.6. The number of imide groups is 2. The molecule has 3 aliphatic heterocycles. The molecule has 9 nitrogen and oxygen atoms in total. The molecule has 1 N–H and O–H groups in total. The molecule has 3 atom stereocenters. The van der Waals surface area contributed by atoms with Crippen LogP contribution in [0.4, 0.5) is 10.5 Å². The van der Waals surface area contributed by atoms with Crippen molar-refractivity contribution in [2.75, 3.05) is 31.1 Å². The number of hydrogen-bond donors (Lipinski definition) is 1. The van der Waals surface area contributed by atoms with Crippen LogP contribution in [-0.2, 0) is 29.0 Å². The number of fused-ring (bicyclic) bond motifs is 4. The van der Waals surface area contributed by atoms with Crippen molar-refractivity contribution in [1.29, 1.82) is 0 Å². The van der Waals surface area contributed by atoms with Crippen molar-refractivity contribution >= 4 is 23.5 Å². The highest BCUT2D eigenvalue weighted by molar-refractivity contribution is 6.30. The third kappa shape index (κ3) is 5.02. The molecule has 3 aromatic rings. The molecule has 4 amide bonds. The lowest BCUT2D eigenvalue weighted by atomic mass is 9.75. The average Bonchev–Trinajstić information content (AvgIpc) is 2.98. The van der Waals surface area contributed by atoms with Gasteiger partial charge in [-0.15, -0.1) is 0 Å². The second kappa shape index (κ2) is 11.2. The van der Waals surface area contributed by atoms with Crippen LogP contribution in [-0.4, -0.2) is 53.6 Å². The summed E-state index contributed by atoms with van der Waals surface area (Å²) in [4.78, 5) is 57.4. The van der Waals surface area contributed by atoms with Crippen LogP contribution in [0.25, 0.3) is 0 Å². The number of piperidine rings is 1. The van der Waals surface area contributed by atoms with Gasteiger partial charge in [-0.1, -0.05) is 37.3 Å². The molecule has 3 aliphatic rings. The van der Waals surface area contributed by atoms with E-state index >= 15 is 0 Å². The number of carbonyl (C=O) groups excluding carboxylic acids is 3. The number of aromatic nitrogens is 1. The number of amides is 4. The third-order valence-corrected chi connectivity index (χ3v) is 8.86. The molecule has 0 spiro atoms. The summed E-state index contributed by atoms with van der Waals surface area (Å²) in [5.74, 6) is -0.0582. The van der Waals surface area contributed by atoms with Gasteiger partial charge in [0.2, 0.25) is 5.91 Å². The van der Waals surface area contributed by atoms with Crippen molar-refractivity contribution in [3.8, 4) is 5.75 Å². The maximum absolute atomic E-state index is 14.5. The molecule has 9 heteroatoms. The van der Waals surface area contributed by atoms with Gasteiger partial charge in [0.05, 0.1) is 12.3 Å². The number of pyridine rings is 1. The Morgan fingerprint density at radius 2 is 1.62 bits per heavy atom. The Labute approximate surface area is 245 Å². The first-order chi connectivity index (χ1) is 20.3. The lowest BCUT2D eigenvalue weighted by Gasteiger charge is -2.47. The van der Waals surface area contributed by atoms with Crippen molar-refractivity contribution in [2.24, 2.45) is 11.3 Å². The summed E-state index contributed by atoms with van der Waals surface area (Å²) in [5, 5.41) is 2.52. The van der Waals surface area contributed by atoms with Crippen LogP contribution in [0.3, 0.4) is 0 Å². The molecule has 218 valence electrons. The normalized spacial score (nSPS) is 23.9. The minimum Gasteiger partial charge on any atom is -0.494 e. The van der Waals surface area contributed by atoms with Crippen LogP contribution >= 0.6 is 0 Å². The van der Waals surface area contributed by atoms with Crippen LogP contribution in [0, 0.1) is 11.3 Å². The van der Waals surface area contributed by atoms with Crippen molar-refractivity contribution in [3.63, 3.8) is 0 Å². The van der Waals surface area contributed by atoms with Crippen molar-refractivity contribution in [1.82, 2.24) is 14.8 Å². The van der Waals surface area contributed by atoms with Crippen LogP contribution in [0.5, 0.6) is 5.75 Å². The largest absolute Gasteiger partial charge is 0.494 e. The standard InChI is InChI=1S/C33H36N4O5/c1-3-22-8-12-26(13-9-22)37-31(40)33(30(39)34-32(37)41,17-23-10-14-27(15-11-23)42-4-2)21-35-18-24-16-25(20-35)28-6-5-7-29(38)36(28)19-24/h5-15,24-25H,3-4,16-21H2,1-2H3,(H,34,39,41). The molecule has 4 heterocycles. The summed E-state index contributed by atoms with van der Waals surface area (Å²) in [7, 11) is 0. The Morgan fingerprint density at radius 1 is 0.881 bits per heavy atom. The van der Waals surface area contributed by atoms with Crippen LogP contribution in [0.15, 0.2) is 71.5 Å². The van der Waals surface area contributed by atoms with E-state index in [2.05, 4.69) is 10.2 Å². The molecule has 2 fully saturated rings. The number of barbiturate groups is 1. The highest BCUT2D eigenvalue weighted by atomic mass is 16.5. The average molecular weight is 569 g/mol. The van der Waals surface area contributed by atoms with E-state index in [9.17, 15) is 19.2 Å². The molecular formula is C33H36N4O5. The molecule has 2 aromatic carbocycles. The van der Waals surface area contributed by atoms with Gasteiger partial charge in [-0.2, -0.15) is 0 Å². The van der Waals surface area contributed by atoms with Gasteiger partial charge in [-0.25, -0.2) is 9.69 Å². The minimum atomic E-state index is -1.54. The topological polar surface area (TPSA) is 101 Å². The lowest BCUT2D eigenvalue weighted by molar-refractivity contribution is -0.144. The van der Waals surface area contributed by atoms with Gasteiger partial charge in [0.15, 0.2) is 0 Å². The molecule has 2 bridgehead atoms. The van der Waals surface area contributed by atoms with Crippen LogP contribution in [0.2, 0.25) is 0 Å². The third-order valence-electron chi connectivity index (χ3n) is 8.86. The van der Waals surface area contributed by atoms with Crippen molar-refractivity contribution in [2.45, 2.75) is 45.6 Å². The fraction of sp³-hybridized carbons (Fsp3) is 0.394. The van der Waals surface area contributed by atoms with Crippen molar-refractivity contribution in [3.05, 3.63) is 93.9 Å². The number of urea groups is 1. The Morgan fingerprint density at radius 3 is 2.33 bits per heavy atom. The zero-order valence-corrected chi connectivity index (χ0v) is 24.0. The number of benzene rings is 2. The number of carbonyl (C=O) groups is 3. The van der Waals surface area contributed by atoms with E-state index in [1.807, 2.05) is 60.9 Å². The fourth-order valence-corrected chi connectivity index (χ4v) is 6.87. The Balaban J connectivity index is 1.36. The zero-order chi connectivity index (χ0) is 29.4. The first kappa shape index (κ1) is 27.9. The molecular weight excluding hydrogens is 532 g/mol. The first-order valence-electron chi connectivity index (χ1n) is 14.7. The number of anilines is 1. The molecule has 0 aliphatic carbocycles. The summed E-state index contributed by atoms with van der Waals surface area (Å²) < 4.78 is 7.46. The molecule has 2 saturated heterocycles. The number of ether oxygens (including phenoxy) is 1. The summed E-state index contributed by atoms with van der Waals surface area (Å²) in [6.45, 7) is 6.53. The molecule has 3 unspecified atom stereocenters. The Hall–Kier alpha value is -4.24. The molecule has 42 heavy (non-hydrogen) atoms. The predicted molar refractivity (Wildman–Crippen MR) is 159 cm³/mol. The van der Waals surface area contributed by atoms with E-state index in [1.54, 1.807) is 24.3 Å². The van der Waals surface area contributed by atoms with Gasteiger partial charge >= 0.3 is 6.03 Å². The SMILES string of the molecule is CCOc1ccc(CC2(CN3CC4CC(C3)c3cccc(=O)n3C4)C(=O)NC(=O)N(c3ccc(CC)cc3)C2=O)cc1. The van der Waals surface area contributed by atoms with E-state index in [0.717, 1.165) is 34.6 Å². The Kier molecular flexibility index (Phi) is 7.45. The number of nitrogens with one attached hydrogen (secondary N) is 1. The number of aryl methyl sites for hydroxylation is 1. The fourth-order valence-electron chi connectivity index (χ4n) is 6.87. The number of likely N-dealkylation sites (tertiary alicyclic amines) is 1. The number of rotatable bonds is 8. The minimum absolute atomic E-state index is 0.00713.